The Morgan fingerprint density at radius 1 is 1.19 bits per heavy atom. The first-order valence-corrected chi connectivity index (χ1v) is 8.67. The average molecular weight is 291 g/mol. The number of nitrogens with zero attached hydrogens (tertiary/aromatic N) is 4. The van der Waals surface area contributed by atoms with Crippen molar-refractivity contribution in [2.45, 2.75) is 76.4 Å². The van der Waals surface area contributed by atoms with E-state index in [1.165, 1.54) is 58.0 Å². The monoisotopic (exact) mass is 291 g/mol. The van der Waals surface area contributed by atoms with Gasteiger partial charge >= 0.3 is 0 Å². The summed E-state index contributed by atoms with van der Waals surface area (Å²) in [6.07, 6.45) is 12.0. The number of aryl methyl sites for hydroxylation is 1. The van der Waals surface area contributed by atoms with E-state index in [0.717, 1.165) is 18.7 Å². The number of piperidine rings is 1. The van der Waals surface area contributed by atoms with Crippen LogP contribution in [-0.2, 0) is 6.54 Å². The van der Waals surface area contributed by atoms with Gasteiger partial charge in [0.15, 0.2) is 0 Å². The highest BCUT2D eigenvalue weighted by atomic mass is 15.4. The molecule has 1 saturated carbocycles. The Morgan fingerprint density at radius 2 is 1.90 bits per heavy atom. The molecule has 5 heteroatoms. The van der Waals surface area contributed by atoms with Crippen LogP contribution in [0.15, 0.2) is 6.20 Å². The van der Waals surface area contributed by atoms with Crippen molar-refractivity contribution in [3.8, 4) is 0 Å². The molecule has 0 radical (unpaired) electrons. The molecule has 2 fully saturated rings. The van der Waals surface area contributed by atoms with Crippen LogP contribution in [0, 0.1) is 0 Å². The highest BCUT2D eigenvalue weighted by molar-refractivity contribution is 5.14. The van der Waals surface area contributed by atoms with Crippen LogP contribution in [-0.4, -0.2) is 38.5 Å². The number of rotatable bonds is 5. The first-order chi connectivity index (χ1) is 10.3. The molecule has 0 bridgehead atoms. The van der Waals surface area contributed by atoms with Gasteiger partial charge in [0.05, 0.1) is 17.9 Å². The summed E-state index contributed by atoms with van der Waals surface area (Å²) >= 11 is 0. The van der Waals surface area contributed by atoms with Crippen molar-refractivity contribution in [3.63, 3.8) is 0 Å². The molecule has 1 unspecified atom stereocenters. The third-order valence-corrected chi connectivity index (χ3v) is 5.44. The largest absolute Gasteiger partial charge is 0.321 e. The Morgan fingerprint density at radius 3 is 2.57 bits per heavy atom. The zero-order valence-electron chi connectivity index (χ0n) is 13.3. The van der Waals surface area contributed by atoms with Gasteiger partial charge in [0.25, 0.3) is 0 Å². The van der Waals surface area contributed by atoms with Gasteiger partial charge in [-0.05, 0) is 45.2 Å². The minimum Gasteiger partial charge on any atom is -0.321 e. The SMILES string of the molecule is CCCn1nncc1C(N)C1(N2CCCCC2)CCCC1. The Balaban J connectivity index is 1.87. The second-order valence-corrected chi connectivity index (χ2v) is 6.72. The van der Waals surface area contributed by atoms with Gasteiger partial charge in [0.2, 0.25) is 0 Å². The lowest BCUT2D eigenvalue weighted by Crippen LogP contribution is -2.55. The van der Waals surface area contributed by atoms with Crippen molar-refractivity contribution in [1.29, 1.82) is 0 Å². The van der Waals surface area contributed by atoms with Crippen molar-refractivity contribution in [1.82, 2.24) is 19.9 Å². The van der Waals surface area contributed by atoms with Crippen molar-refractivity contribution >= 4 is 0 Å². The van der Waals surface area contributed by atoms with Gasteiger partial charge in [-0.1, -0.05) is 31.4 Å². The summed E-state index contributed by atoms with van der Waals surface area (Å²) in [5.74, 6) is 0. The maximum atomic E-state index is 6.80. The van der Waals surface area contributed by atoms with Crippen molar-refractivity contribution in [3.05, 3.63) is 11.9 Å². The number of hydrogen-bond donors (Lipinski definition) is 1. The predicted molar refractivity (Wildman–Crippen MR) is 83.9 cm³/mol. The quantitative estimate of drug-likeness (QED) is 0.905. The zero-order chi connectivity index (χ0) is 14.7. The summed E-state index contributed by atoms with van der Waals surface area (Å²) in [7, 11) is 0. The summed E-state index contributed by atoms with van der Waals surface area (Å²) in [5, 5.41) is 8.37. The molecule has 0 spiro atoms. The normalized spacial score (nSPS) is 24.3. The molecule has 1 aromatic rings. The number of aromatic nitrogens is 3. The molecule has 2 N–H and O–H groups in total. The predicted octanol–water partition coefficient (Wildman–Crippen LogP) is 2.49. The number of likely N-dealkylation sites (tertiary alicyclic amines) is 1. The van der Waals surface area contributed by atoms with Gasteiger partial charge in [0.1, 0.15) is 0 Å². The molecular weight excluding hydrogens is 262 g/mol. The second kappa shape index (κ2) is 6.44. The third-order valence-electron chi connectivity index (χ3n) is 5.44. The minimum absolute atomic E-state index is 0.0413. The van der Waals surface area contributed by atoms with E-state index in [4.69, 9.17) is 5.73 Å². The average Bonchev–Trinajstić information content (AvgIpc) is 3.18. The maximum absolute atomic E-state index is 6.80. The van der Waals surface area contributed by atoms with E-state index in [2.05, 4.69) is 22.1 Å². The van der Waals surface area contributed by atoms with E-state index in [9.17, 15) is 0 Å². The molecule has 3 rings (SSSR count). The highest BCUT2D eigenvalue weighted by Gasteiger charge is 2.46. The van der Waals surface area contributed by atoms with Crippen LogP contribution < -0.4 is 5.73 Å². The Bertz CT molecular complexity index is 443. The molecule has 1 saturated heterocycles. The fraction of sp³-hybridized carbons (Fsp3) is 0.875. The molecule has 1 atom stereocenters. The van der Waals surface area contributed by atoms with Gasteiger partial charge in [-0.3, -0.25) is 4.90 Å². The molecule has 21 heavy (non-hydrogen) atoms. The molecule has 1 aliphatic heterocycles. The summed E-state index contributed by atoms with van der Waals surface area (Å²) in [5.41, 5.74) is 8.07. The topological polar surface area (TPSA) is 60.0 Å². The van der Waals surface area contributed by atoms with Gasteiger partial charge in [-0.15, -0.1) is 5.10 Å². The smallest absolute Gasteiger partial charge is 0.0773 e. The van der Waals surface area contributed by atoms with Crippen LogP contribution in [0.1, 0.15) is 70.0 Å². The van der Waals surface area contributed by atoms with Crippen LogP contribution >= 0.6 is 0 Å². The van der Waals surface area contributed by atoms with Crippen molar-refractivity contribution in [2.75, 3.05) is 13.1 Å². The van der Waals surface area contributed by atoms with Crippen LogP contribution in [0.5, 0.6) is 0 Å². The molecule has 2 aliphatic rings. The van der Waals surface area contributed by atoms with E-state index in [1.54, 1.807) is 0 Å². The van der Waals surface area contributed by atoms with E-state index >= 15 is 0 Å². The molecule has 1 aliphatic carbocycles. The first-order valence-electron chi connectivity index (χ1n) is 8.67. The maximum Gasteiger partial charge on any atom is 0.0773 e. The van der Waals surface area contributed by atoms with Gasteiger partial charge < -0.3 is 5.73 Å². The Kier molecular flexibility index (Phi) is 4.60. The summed E-state index contributed by atoms with van der Waals surface area (Å²) in [4.78, 5) is 2.69. The summed E-state index contributed by atoms with van der Waals surface area (Å²) < 4.78 is 2.02. The van der Waals surface area contributed by atoms with Crippen LogP contribution in [0.25, 0.3) is 0 Å². The van der Waals surface area contributed by atoms with Crippen LogP contribution in [0.2, 0.25) is 0 Å². The van der Waals surface area contributed by atoms with Crippen LogP contribution in [0.3, 0.4) is 0 Å². The molecule has 118 valence electrons. The molecule has 1 aromatic heterocycles. The van der Waals surface area contributed by atoms with E-state index in [0.29, 0.717) is 0 Å². The second-order valence-electron chi connectivity index (χ2n) is 6.72. The number of hydrogen-bond acceptors (Lipinski definition) is 4. The standard InChI is InChI=1S/C16H29N5/c1-2-10-21-14(13-18-19-21)15(17)16(8-4-5-9-16)20-11-6-3-7-12-20/h13,15H,2-12,17H2,1H3. The zero-order valence-corrected chi connectivity index (χ0v) is 13.3. The van der Waals surface area contributed by atoms with Gasteiger partial charge in [-0.25, -0.2) is 4.68 Å². The van der Waals surface area contributed by atoms with Crippen molar-refractivity contribution in [2.24, 2.45) is 5.73 Å². The fourth-order valence-electron chi connectivity index (χ4n) is 4.32. The summed E-state index contributed by atoms with van der Waals surface area (Å²) in [6, 6.07) is 0.0413. The first kappa shape index (κ1) is 15.0. The lowest BCUT2D eigenvalue weighted by molar-refractivity contribution is 0.0453. The van der Waals surface area contributed by atoms with Gasteiger partial charge in [0, 0.05) is 12.1 Å². The fourth-order valence-corrected chi connectivity index (χ4v) is 4.32. The van der Waals surface area contributed by atoms with Gasteiger partial charge in [-0.2, -0.15) is 0 Å². The molecule has 0 aromatic carbocycles. The molecule has 2 heterocycles. The third kappa shape index (κ3) is 2.73. The molecule has 5 nitrogen and oxygen atoms in total. The van der Waals surface area contributed by atoms with Crippen LogP contribution in [0.4, 0.5) is 0 Å². The van der Waals surface area contributed by atoms with E-state index < -0.39 is 0 Å². The molecule has 0 amide bonds. The Hall–Kier alpha value is -0.940. The lowest BCUT2D eigenvalue weighted by atomic mass is 9.83. The molecular formula is C16H29N5. The van der Waals surface area contributed by atoms with E-state index in [1.807, 2.05) is 10.9 Å². The summed E-state index contributed by atoms with van der Waals surface area (Å²) in [6.45, 7) is 5.51. The minimum atomic E-state index is 0.0413. The van der Waals surface area contributed by atoms with Crippen molar-refractivity contribution < 1.29 is 0 Å². The number of nitrogens with two attached hydrogens (primary N) is 1. The lowest BCUT2D eigenvalue weighted by Gasteiger charge is -2.47. The Labute approximate surface area is 127 Å². The highest BCUT2D eigenvalue weighted by Crippen LogP contribution is 2.44. The van der Waals surface area contributed by atoms with E-state index in [-0.39, 0.29) is 11.6 Å².